The molecular weight excluding hydrogens is 170 g/mol. The molecule has 2 fully saturated rings. The minimum absolute atomic E-state index is 0.0694. The Kier molecular flexibility index (Phi) is 1.85. The van der Waals surface area contributed by atoms with Gasteiger partial charge in [-0.3, -0.25) is 9.69 Å². The first-order valence-electron chi connectivity index (χ1n) is 4.61. The average Bonchev–Trinajstić information content (AvgIpc) is 2.55. The monoisotopic (exact) mass is 185 g/mol. The first-order valence-corrected chi connectivity index (χ1v) is 4.61. The Morgan fingerprint density at radius 2 is 2.38 bits per heavy atom. The molecule has 2 rings (SSSR count). The lowest BCUT2D eigenvalue weighted by atomic mass is 9.82. The van der Waals surface area contributed by atoms with E-state index < -0.39 is 11.4 Å². The number of nitrogens with zero attached hydrogens (tertiary/aromatic N) is 1. The normalized spacial score (nSPS) is 45.1. The largest absolute Gasteiger partial charge is 0.481 e. The molecule has 0 aliphatic carbocycles. The van der Waals surface area contributed by atoms with E-state index >= 15 is 0 Å². The molecule has 2 aliphatic heterocycles. The molecule has 3 atom stereocenters. The highest BCUT2D eigenvalue weighted by Gasteiger charge is 2.58. The molecule has 74 valence electrons. The van der Waals surface area contributed by atoms with Gasteiger partial charge in [-0.05, 0) is 20.4 Å². The van der Waals surface area contributed by atoms with Gasteiger partial charge in [0.15, 0.2) is 0 Å². The maximum Gasteiger partial charge on any atom is 0.313 e. The van der Waals surface area contributed by atoms with Gasteiger partial charge in [0.2, 0.25) is 0 Å². The number of aliphatic carboxylic acids is 1. The van der Waals surface area contributed by atoms with Crippen molar-refractivity contribution in [3.05, 3.63) is 0 Å². The standard InChI is InChI=1S/C9H15NO3/c1-6-3-9(8(11)12)5-13-4-7(9)10(6)2/h6-7H,3-5H2,1-2H3,(H,11,12). The van der Waals surface area contributed by atoms with Crippen molar-refractivity contribution in [2.24, 2.45) is 5.41 Å². The van der Waals surface area contributed by atoms with Crippen molar-refractivity contribution in [3.8, 4) is 0 Å². The number of likely N-dealkylation sites (tertiary alicyclic amines) is 1. The van der Waals surface area contributed by atoms with Gasteiger partial charge in [0.05, 0.1) is 19.3 Å². The molecule has 0 saturated carbocycles. The van der Waals surface area contributed by atoms with Crippen molar-refractivity contribution in [2.45, 2.75) is 25.4 Å². The van der Waals surface area contributed by atoms with Crippen molar-refractivity contribution in [1.29, 1.82) is 0 Å². The number of carbonyl (C=O) groups is 1. The molecule has 2 saturated heterocycles. The molecule has 13 heavy (non-hydrogen) atoms. The molecule has 3 unspecified atom stereocenters. The molecule has 1 N–H and O–H groups in total. The second-order valence-electron chi connectivity index (χ2n) is 4.21. The molecule has 4 nitrogen and oxygen atoms in total. The number of likely N-dealkylation sites (N-methyl/N-ethyl adjacent to an activating group) is 1. The summed E-state index contributed by atoms with van der Waals surface area (Å²) in [5.74, 6) is -0.703. The summed E-state index contributed by atoms with van der Waals surface area (Å²) in [5, 5.41) is 9.20. The van der Waals surface area contributed by atoms with Crippen LogP contribution in [0, 0.1) is 5.41 Å². The van der Waals surface area contributed by atoms with Crippen molar-refractivity contribution in [1.82, 2.24) is 4.90 Å². The summed E-state index contributed by atoms with van der Waals surface area (Å²) in [5.41, 5.74) is -0.631. The van der Waals surface area contributed by atoms with Gasteiger partial charge in [-0.2, -0.15) is 0 Å². The lowest BCUT2D eigenvalue weighted by Gasteiger charge is -2.24. The van der Waals surface area contributed by atoms with Crippen LogP contribution in [0.3, 0.4) is 0 Å². The lowest BCUT2D eigenvalue weighted by molar-refractivity contribution is -0.149. The summed E-state index contributed by atoms with van der Waals surface area (Å²) < 4.78 is 5.27. The van der Waals surface area contributed by atoms with Gasteiger partial charge in [-0.1, -0.05) is 0 Å². The summed E-state index contributed by atoms with van der Waals surface area (Å²) >= 11 is 0. The molecule has 4 heteroatoms. The van der Waals surface area contributed by atoms with E-state index in [-0.39, 0.29) is 6.04 Å². The first-order chi connectivity index (χ1) is 6.08. The van der Waals surface area contributed by atoms with E-state index in [1.807, 2.05) is 7.05 Å². The van der Waals surface area contributed by atoms with Gasteiger partial charge >= 0.3 is 5.97 Å². The van der Waals surface area contributed by atoms with Crippen LogP contribution in [0.5, 0.6) is 0 Å². The van der Waals surface area contributed by atoms with E-state index in [0.29, 0.717) is 25.7 Å². The first kappa shape index (κ1) is 8.97. The molecular formula is C9H15NO3. The summed E-state index contributed by atoms with van der Waals surface area (Å²) in [6.45, 7) is 3.01. The number of carboxylic acids is 1. The summed E-state index contributed by atoms with van der Waals surface area (Å²) in [6, 6.07) is 0.421. The number of rotatable bonds is 1. The zero-order valence-corrected chi connectivity index (χ0v) is 7.99. The molecule has 2 heterocycles. The Morgan fingerprint density at radius 3 is 2.92 bits per heavy atom. The van der Waals surface area contributed by atoms with E-state index in [1.165, 1.54) is 0 Å². The van der Waals surface area contributed by atoms with Crippen LogP contribution in [0.4, 0.5) is 0 Å². The number of fused-ring (bicyclic) bond motifs is 1. The highest BCUT2D eigenvalue weighted by molar-refractivity contribution is 5.77. The highest BCUT2D eigenvalue weighted by Crippen LogP contribution is 2.44. The Hall–Kier alpha value is -0.610. The van der Waals surface area contributed by atoms with Gasteiger partial charge in [0.25, 0.3) is 0 Å². The highest BCUT2D eigenvalue weighted by atomic mass is 16.5. The third kappa shape index (κ3) is 1.02. The molecule has 0 bridgehead atoms. The topological polar surface area (TPSA) is 49.8 Å². The Balaban J connectivity index is 2.31. The Labute approximate surface area is 77.5 Å². The zero-order valence-electron chi connectivity index (χ0n) is 7.99. The molecule has 0 radical (unpaired) electrons. The van der Waals surface area contributed by atoms with Crippen LogP contribution >= 0.6 is 0 Å². The second kappa shape index (κ2) is 2.69. The van der Waals surface area contributed by atoms with E-state index in [2.05, 4.69) is 11.8 Å². The fourth-order valence-corrected chi connectivity index (χ4v) is 2.58. The molecule has 0 aromatic carbocycles. The van der Waals surface area contributed by atoms with Crippen LogP contribution in [0.1, 0.15) is 13.3 Å². The minimum Gasteiger partial charge on any atom is -0.481 e. The van der Waals surface area contributed by atoms with Crippen LogP contribution in [-0.4, -0.2) is 48.3 Å². The predicted octanol–water partition coefficient (Wildman–Crippen LogP) is 0.180. The van der Waals surface area contributed by atoms with E-state index in [0.717, 1.165) is 0 Å². The van der Waals surface area contributed by atoms with Crippen LogP contribution in [0.25, 0.3) is 0 Å². The van der Waals surface area contributed by atoms with Gasteiger partial charge in [-0.25, -0.2) is 0 Å². The summed E-state index contributed by atoms with van der Waals surface area (Å²) in [6.07, 6.45) is 0.712. The second-order valence-corrected chi connectivity index (χ2v) is 4.21. The molecule has 0 aromatic rings. The smallest absolute Gasteiger partial charge is 0.313 e. The van der Waals surface area contributed by atoms with Crippen molar-refractivity contribution < 1.29 is 14.6 Å². The molecule has 0 amide bonds. The minimum atomic E-state index is -0.703. The number of ether oxygens (including phenoxy) is 1. The van der Waals surface area contributed by atoms with Crippen molar-refractivity contribution in [2.75, 3.05) is 20.3 Å². The van der Waals surface area contributed by atoms with Crippen molar-refractivity contribution >= 4 is 5.97 Å². The third-order valence-corrected chi connectivity index (χ3v) is 3.55. The number of hydrogen-bond donors (Lipinski definition) is 1. The molecule has 0 aromatic heterocycles. The van der Waals surface area contributed by atoms with Crippen molar-refractivity contribution in [3.63, 3.8) is 0 Å². The quantitative estimate of drug-likeness (QED) is 0.633. The number of carboxylic acid groups (broad SMARTS) is 1. The summed E-state index contributed by atoms with van der Waals surface area (Å²) in [7, 11) is 1.98. The lowest BCUT2D eigenvalue weighted by Crippen LogP contribution is -2.42. The number of hydrogen-bond acceptors (Lipinski definition) is 3. The maximum absolute atomic E-state index is 11.2. The van der Waals surface area contributed by atoms with Gasteiger partial charge in [-0.15, -0.1) is 0 Å². The zero-order chi connectivity index (χ0) is 9.64. The third-order valence-electron chi connectivity index (χ3n) is 3.55. The van der Waals surface area contributed by atoms with Gasteiger partial charge in [0.1, 0.15) is 5.41 Å². The summed E-state index contributed by atoms with van der Waals surface area (Å²) in [4.78, 5) is 13.3. The fraction of sp³-hybridized carbons (Fsp3) is 0.889. The van der Waals surface area contributed by atoms with Crippen LogP contribution in [-0.2, 0) is 9.53 Å². The predicted molar refractivity (Wildman–Crippen MR) is 46.5 cm³/mol. The molecule has 2 aliphatic rings. The maximum atomic E-state index is 11.2. The Morgan fingerprint density at radius 1 is 1.69 bits per heavy atom. The van der Waals surface area contributed by atoms with E-state index in [4.69, 9.17) is 4.74 Å². The Bertz CT molecular complexity index is 243. The van der Waals surface area contributed by atoms with E-state index in [9.17, 15) is 9.90 Å². The van der Waals surface area contributed by atoms with Gasteiger partial charge < -0.3 is 9.84 Å². The van der Waals surface area contributed by atoms with Crippen LogP contribution in [0.2, 0.25) is 0 Å². The van der Waals surface area contributed by atoms with Crippen LogP contribution in [0.15, 0.2) is 0 Å². The fourth-order valence-electron chi connectivity index (χ4n) is 2.58. The van der Waals surface area contributed by atoms with Gasteiger partial charge in [0, 0.05) is 6.04 Å². The van der Waals surface area contributed by atoms with E-state index in [1.54, 1.807) is 0 Å². The average molecular weight is 185 g/mol. The SMILES string of the molecule is CC1CC2(C(=O)O)COCC2N1C. The molecule has 0 spiro atoms. The van der Waals surface area contributed by atoms with Crippen LogP contribution < -0.4 is 0 Å².